The van der Waals surface area contributed by atoms with E-state index in [0.29, 0.717) is 18.0 Å². The predicted molar refractivity (Wildman–Crippen MR) is 102 cm³/mol. The number of nitrogens with zero attached hydrogens (tertiary/aromatic N) is 2. The Balaban J connectivity index is 0.00000225. The van der Waals surface area contributed by atoms with E-state index in [2.05, 4.69) is 41.7 Å². The van der Waals surface area contributed by atoms with Crippen molar-refractivity contribution in [1.82, 2.24) is 20.4 Å². The number of carbonyl (C=O) groups is 1. The van der Waals surface area contributed by atoms with Gasteiger partial charge in [0.15, 0.2) is 0 Å². The number of hydrogen-bond acceptors (Lipinski definition) is 3. The quantitative estimate of drug-likeness (QED) is 0.859. The summed E-state index contributed by atoms with van der Waals surface area (Å²) in [4.78, 5) is 12.7. The maximum atomic E-state index is 12.7. The second kappa shape index (κ2) is 9.02. The standard InChI is InChI=1S/C19H26N4O.ClH/c1-3-18-16(19(24)22-17-12-20-10-9-14(17)2)11-21-23(18)13-15-7-5-4-6-8-15;/h4-8,11,14,17,20H,3,9-10,12-13H2,1-2H3,(H,22,24);1H. The van der Waals surface area contributed by atoms with Crippen LogP contribution in [0.1, 0.15) is 41.9 Å². The molecule has 3 rings (SSSR count). The molecule has 2 N–H and O–H groups in total. The van der Waals surface area contributed by atoms with E-state index in [1.54, 1.807) is 6.20 Å². The fourth-order valence-corrected chi connectivity index (χ4v) is 3.30. The largest absolute Gasteiger partial charge is 0.348 e. The Bertz CT molecular complexity index is 686. The van der Waals surface area contributed by atoms with Gasteiger partial charge in [-0.25, -0.2) is 0 Å². The summed E-state index contributed by atoms with van der Waals surface area (Å²) in [5.74, 6) is 0.492. The lowest BCUT2D eigenvalue weighted by atomic mass is 9.94. The Kier molecular flexibility index (Phi) is 7.02. The molecule has 1 aliphatic heterocycles. The molecule has 2 atom stereocenters. The molecule has 2 unspecified atom stereocenters. The summed E-state index contributed by atoms with van der Waals surface area (Å²) in [6.07, 6.45) is 3.59. The van der Waals surface area contributed by atoms with Gasteiger partial charge in [0.25, 0.3) is 5.91 Å². The molecule has 25 heavy (non-hydrogen) atoms. The van der Waals surface area contributed by atoms with Crippen LogP contribution in [0.2, 0.25) is 0 Å². The lowest BCUT2D eigenvalue weighted by Gasteiger charge is -2.30. The van der Waals surface area contributed by atoms with Gasteiger partial charge in [-0.1, -0.05) is 44.2 Å². The molecular weight excluding hydrogens is 336 g/mol. The van der Waals surface area contributed by atoms with Crippen molar-refractivity contribution in [3.63, 3.8) is 0 Å². The van der Waals surface area contributed by atoms with Crippen LogP contribution in [0.25, 0.3) is 0 Å². The first-order valence-corrected chi connectivity index (χ1v) is 8.79. The summed E-state index contributed by atoms with van der Waals surface area (Å²) in [6, 6.07) is 10.4. The number of rotatable bonds is 5. The smallest absolute Gasteiger partial charge is 0.255 e. The van der Waals surface area contributed by atoms with Gasteiger partial charge < -0.3 is 10.6 Å². The third kappa shape index (κ3) is 4.61. The Labute approximate surface area is 155 Å². The second-order valence-corrected chi connectivity index (χ2v) is 6.55. The SMILES string of the molecule is CCc1c(C(=O)NC2CNCCC2C)cnn1Cc1ccccc1.Cl. The second-order valence-electron chi connectivity index (χ2n) is 6.55. The van der Waals surface area contributed by atoms with Crippen molar-refractivity contribution < 1.29 is 4.79 Å². The lowest BCUT2D eigenvalue weighted by Crippen LogP contribution is -2.50. The highest BCUT2D eigenvalue weighted by Gasteiger charge is 2.25. The first-order valence-electron chi connectivity index (χ1n) is 8.79. The molecule has 0 radical (unpaired) electrons. The molecule has 2 aromatic rings. The average Bonchev–Trinajstić information content (AvgIpc) is 3.00. The number of carbonyl (C=O) groups excluding carboxylic acids is 1. The molecule has 1 aliphatic rings. The van der Waals surface area contributed by atoms with E-state index >= 15 is 0 Å². The number of benzene rings is 1. The van der Waals surface area contributed by atoms with E-state index in [4.69, 9.17) is 0 Å². The number of aromatic nitrogens is 2. The molecule has 1 aromatic carbocycles. The number of halogens is 1. The number of nitrogens with one attached hydrogen (secondary N) is 2. The zero-order valence-electron chi connectivity index (χ0n) is 14.9. The lowest BCUT2D eigenvalue weighted by molar-refractivity contribution is 0.0914. The summed E-state index contributed by atoms with van der Waals surface area (Å²) in [5, 5.41) is 11.0. The molecular formula is C19H27ClN4O. The summed E-state index contributed by atoms with van der Waals surface area (Å²) < 4.78 is 1.94. The van der Waals surface area contributed by atoms with Crippen LogP contribution in [-0.2, 0) is 13.0 Å². The molecule has 5 nitrogen and oxygen atoms in total. The molecule has 0 aliphatic carbocycles. The van der Waals surface area contributed by atoms with Gasteiger partial charge in [0.1, 0.15) is 0 Å². The molecule has 1 fully saturated rings. The van der Waals surface area contributed by atoms with Crippen LogP contribution < -0.4 is 10.6 Å². The van der Waals surface area contributed by atoms with Gasteiger partial charge in [-0.15, -0.1) is 12.4 Å². The minimum absolute atomic E-state index is 0. The zero-order chi connectivity index (χ0) is 16.9. The molecule has 0 bridgehead atoms. The zero-order valence-corrected chi connectivity index (χ0v) is 15.7. The molecule has 2 heterocycles. The molecule has 1 aromatic heterocycles. The Morgan fingerprint density at radius 3 is 2.80 bits per heavy atom. The highest BCUT2D eigenvalue weighted by Crippen LogP contribution is 2.15. The molecule has 0 spiro atoms. The van der Waals surface area contributed by atoms with Crippen LogP contribution in [0, 0.1) is 5.92 Å². The van der Waals surface area contributed by atoms with Crippen LogP contribution in [0.3, 0.4) is 0 Å². The summed E-state index contributed by atoms with van der Waals surface area (Å²) in [5.41, 5.74) is 2.88. The maximum absolute atomic E-state index is 12.7. The van der Waals surface area contributed by atoms with Crippen LogP contribution >= 0.6 is 12.4 Å². The van der Waals surface area contributed by atoms with E-state index < -0.39 is 0 Å². The predicted octanol–water partition coefficient (Wildman–Crippen LogP) is 2.64. The number of hydrogen-bond donors (Lipinski definition) is 2. The molecule has 0 saturated carbocycles. The topological polar surface area (TPSA) is 59.0 Å². The Morgan fingerprint density at radius 2 is 2.12 bits per heavy atom. The fraction of sp³-hybridized carbons (Fsp3) is 0.474. The van der Waals surface area contributed by atoms with E-state index in [9.17, 15) is 4.79 Å². The van der Waals surface area contributed by atoms with Crippen LogP contribution in [-0.4, -0.2) is 34.8 Å². The third-order valence-electron chi connectivity index (χ3n) is 4.85. The molecule has 1 saturated heterocycles. The minimum Gasteiger partial charge on any atom is -0.348 e. The maximum Gasteiger partial charge on any atom is 0.255 e. The van der Waals surface area contributed by atoms with Gasteiger partial charge >= 0.3 is 0 Å². The van der Waals surface area contributed by atoms with Crippen molar-refractivity contribution in [2.24, 2.45) is 5.92 Å². The monoisotopic (exact) mass is 362 g/mol. The van der Waals surface area contributed by atoms with Crippen molar-refractivity contribution in [2.75, 3.05) is 13.1 Å². The molecule has 6 heteroatoms. The normalized spacial score (nSPS) is 19.9. The van der Waals surface area contributed by atoms with Gasteiger partial charge in [-0.3, -0.25) is 9.48 Å². The van der Waals surface area contributed by atoms with Crippen LogP contribution in [0.5, 0.6) is 0 Å². The van der Waals surface area contributed by atoms with E-state index in [-0.39, 0.29) is 24.4 Å². The molecule has 1 amide bonds. The summed E-state index contributed by atoms with van der Waals surface area (Å²) >= 11 is 0. The highest BCUT2D eigenvalue weighted by atomic mass is 35.5. The van der Waals surface area contributed by atoms with Gasteiger partial charge in [0.05, 0.1) is 24.0 Å². The average molecular weight is 363 g/mol. The Hall–Kier alpha value is -1.85. The summed E-state index contributed by atoms with van der Waals surface area (Å²) in [7, 11) is 0. The van der Waals surface area contributed by atoms with E-state index in [1.165, 1.54) is 5.56 Å². The third-order valence-corrected chi connectivity index (χ3v) is 4.85. The van der Waals surface area contributed by atoms with E-state index in [1.807, 2.05) is 22.9 Å². The van der Waals surface area contributed by atoms with Crippen molar-refractivity contribution in [3.8, 4) is 0 Å². The van der Waals surface area contributed by atoms with Gasteiger partial charge in [-0.05, 0) is 30.9 Å². The van der Waals surface area contributed by atoms with Gasteiger partial charge in [-0.2, -0.15) is 5.10 Å². The van der Waals surface area contributed by atoms with Crippen molar-refractivity contribution >= 4 is 18.3 Å². The first-order chi connectivity index (χ1) is 11.7. The van der Waals surface area contributed by atoms with Gasteiger partial charge in [0.2, 0.25) is 0 Å². The van der Waals surface area contributed by atoms with Gasteiger partial charge in [0, 0.05) is 12.6 Å². The minimum atomic E-state index is -0.00767. The van der Waals surface area contributed by atoms with E-state index in [0.717, 1.165) is 31.6 Å². The van der Waals surface area contributed by atoms with Crippen LogP contribution in [0.4, 0.5) is 0 Å². The van der Waals surface area contributed by atoms with Crippen molar-refractivity contribution in [3.05, 3.63) is 53.3 Å². The van der Waals surface area contributed by atoms with Crippen molar-refractivity contribution in [2.45, 2.75) is 39.3 Å². The number of piperidine rings is 1. The van der Waals surface area contributed by atoms with Crippen molar-refractivity contribution in [1.29, 1.82) is 0 Å². The molecule has 136 valence electrons. The number of amides is 1. The Morgan fingerprint density at radius 1 is 1.36 bits per heavy atom. The highest BCUT2D eigenvalue weighted by molar-refractivity contribution is 5.95. The first kappa shape index (κ1) is 19.5. The fourth-order valence-electron chi connectivity index (χ4n) is 3.30. The summed E-state index contributed by atoms with van der Waals surface area (Å²) in [6.45, 7) is 6.83. The van der Waals surface area contributed by atoms with Crippen LogP contribution in [0.15, 0.2) is 36.5 Å².